The van der Waals surface area contributed by atoms with Crippen LogP contribution >= 0.6 is 27.3 Å². The number of alkyl halides is 2. The van der Waals surface area contributed by atoms with E-state index in [1.165, 1.54) is 19.0 Å². The summed E-state index contributed by atoms with van der Waals surface area (Å²) in [4.78, 5) is 9.74. The molecule has 0 aromatic carbocycles. The van der Waals surface area contributed by atoms with Crippen molar-refractivity contribution in [2.45, 2.75) is 31.6 Å². The van der Waals surface area contributed by atoms with Gasteiger partial charge in [-0.05, 0) is 40.9 Å². The van der Waals surface area contributed by atoms with Crippen LogP contribution in [-0.2, 0) is 0 Å². The zero-order valence-corrected chi connectivity index (χ0v) is 13.7. The Morgan fingerprint density at radius 3 is 2.76 bits per heavy atom. The minimum Gasteiger partial charge on any atom is -0.486 e. The van der Waals surface area contributed by atoms with Crippen LogP contribution in [0.15, 0.2) is 22.9 Å². The van der Waals surface area contributed by atoms with E-state index in [9.17, 15) is 8.78 Å². The number of aromatic nitrogens is 2. The molecule has 21 heavy (non-hydrogen) atoms. The van der Waals surface area contributed by atoms with Gasteiger partial charge in [0.2, 0.25) is 0 Å². The zero-order valence-electron chi connectivity index (χ0n) is 11.3. The number of hydrogen-bond donors (Lipinski definition) is 0. The van der Waals surface area contributed by atoms with E-state index in [-0.39, 0.29) is 0 Å². The third-order valence-corrected chi connectivity index (χ3v) is 5.07. The van der Waals surface area contributed by atoms with Crippen molar-refractivity contribution in [3.63, 3.8) is 0 Å². The molecule has 1 fully saturated rings. The first-order chi connectivity index (χ1) is 9.92. The van der Waals surface area contributed by atoms with Crippen LogP contribution in [0.5, 0.6) is 5.75 Å². The maximum absolute atomic E-state index is 12.7. The van der Waals surface area contributed by atoms with Crippen molar-refractivity contribution in [2.75, 3.05) is 6.61 Å². The van der Waals surface area contributed by atoms with Gasteiger partial charge in [0, 0.05) is 12.8 Å². The Kier molecular flexibility index (Phi) is 3.96. The number of thiazole rings is 1. The summed E-state index contributed by atoms with van der Waals surface area (Å²) in [5.74, 6) is -1.92. The molecule has 1 aliphatic rings. The largest absolute Gasteiger partial charge is 0.486 e. The normalized spacial score (nSPS) is 15.2. The molecule has 3 nitrogen and oxygen atoms in total. The topological polar surface area (TPSA) is 35.0 Å². The number of hydrogen-bond acceptors (Lipinski definition) is 4. The number of halogens is 3. The molecule has 2 aromatic heterocycles. The smallest absolute Gasteiger partial charge is 0.278 e. The highest BCUT2D eigenvalue weighted by Gasteiger charge is 2.28. The van der Waals surface area contributed by atoms with Crippen molar-refractivity contribution < 1.29 is 13.5 Å². The lowest BCUT2D eigenvalue weighted by atomic mass is 10.3. The minimum absolute atomic E-state index is 0.336. The van der Waals surface area contributed by atoms with Gasteiger partial charge < -0.3 is 4.74 Å². The average molecular weight is 375 g/mol. The first-order valence-electron chi connectivity index (χ1n) is 6.56. The predicted molar refractivity (Wildman–Crippen MR) is 81.1 cm³/mol. The van der Waals surface area contributed by atoms with Gasteiger partial charge in [0.25, 0.3) is 5.92 Å². The van der Waals surface area contributed by atoms with Crippen molar-refractivity contribution >= 4 is 27.3 Å². The highest BCUT2D eigenvalue weighted by atomic mass is 79.9. The molecular weight excluding hydrogens is 362 g/mol. The molecule has 7 heteroatoms. The molecular formula is C14H13BrF2N2OS. The van der Waals surface area contributed by atoms with E-state index >= 15 is 0 Å². The van der Waals surface area contributed by atoms with Crippen LogP contribution in [-0.4, -0.2) is 22.5 Å². The second-order valence-electron chi connectivity index (χ2n) is 5.18. The van der Waals surface area contributed by atoms with Crippen molar-refractivity contribution in [1.82, 2.24) is 9.97 Å². The molecule has 0 aliphatic heterocycles. The van der Waals surface area contributed by atoms with Gasteiger partial charge in [0.1, 0.15) is 10.4 Å². The summed E-state index contributed by atoms with van der Waals surface area (Å²) in [5, 5.41) is 1.13. The Morgan fingerprint density at radius 1 is 1.43 bits per heavy atom. The molecule has 0 bridgehead atoms. The van der Waals surface area contributed by atoms with Crippen LogP contribution in [0.2, 0.25) is 0 Å². The summed E-state index contributed by atoms with van der Waals surface area (Å²) in [5.41, 5.74) is 0.766. The monoisotopic (exact) mass is 374 g/mol. The fourth-order valence-electron chi connectivity index (χ4n) is 1.79. The fourth-order valence-corrected chi connectivity index (χ4v) is 3.65. The Labute approximate surface area is 133 Å². The van der Waals surface area contributed by atoms with Crippen LogP contribution in [0, 0.1) is 0 Å². The van der Waals surface area contributed by atoms with E-state index in [1.807, 2.05) is 0 Å². The predicted octanol–water partition coefficient (Wildman–Crippen LogP) is 4.88. The van der Waals surface area contributed by atoms with Gasteiger partial charge in [-0.15, -0.1) is 11.3 Å². The van der Waals surface area contributed by atoms with Crippen LogP contribution in [0.4, 0.5) is 8.78 Å². The molecule has 1 saturated carbocycles. The van der Waals surface area contributed by atoms with Crippen molar-refractivity contribution in [1.29, 1.82) is 0 Å². The first-order valence-corrected chi connectivity index (χ1v) is 8.16. The summed E-state index contributed by atoms with van der Waals surface area (Å²) in [7, 11) is 0. The number of rotatable bonds is 5. The molecule has 0 N–H and O–H groups in total. The van der Waals surface area contributed by atoms with Gasteiger partial charge in [0.15, 0.2) is 6.61 Å². The molecule has 2 heterocycles. The maximum Gasteiger partial charge on any atom is 0.278 e. The fraction of sp³-hybridized carbons (Fsp3) is 0.429. The van der Waals surface area contributed by atoms with E-state index in [4.69, 9.17) is 4.74 Å². The molecule has 0 amide bonds. The molecule has 0 unspecified atom stereocenters. The third-order valence-electron chi connectivity index (χ3n) is 2.99. The van der Waals surface area contributed by atoms with Crippen LogP contribution in [0.3, 0.4) is 0 Å². The first kappa shape index (κ1) is 14.8. The number of pyridine rings is 1. The highest BCUT2D eigenvalue weighted by molar-refractivity contribution is 9.10. The molecule has 0 spiro atoms. The summed E-state index contributed by atoms with van der Waals surface area (Å²) >= 11 is 5.08. The number of nitrogens with zero attached hydrogens (tertiary/aromatic N) is 2. The van der Waals surface area contributed by atoms with E-state index < -0.39 is 12.5 Å². The quantitative estimate of drug-likeness (QED) is 0.747. The van der Waals surface area contributed by atoms with Gasteiger partial charge in [-0.2, -0.15) is 0 Å². The summed E-state index contributed by atoms with van der Waals surface area (Å²) in [6.07, 6.45) is 3.86. The second-order valence-corrected chi connectivity index (χ2v) is 6.97. The molecule has 1 aliphatic carbocycles. The maximum atomic E-state index is 12.7. The van der Waals surface area contributed by atoms with Crippen molar-refractivity contribution in [3.8, 4) is 16.3 Å². The molecule has 0 atom stereocenters. The zero-order chi connectivity index (χ0) is 15.0. The molecule has 3 rings (SSSR count). The Balaban J connectivity index is 1.74. The Bertz CT molecular complexity index is 635. The van der Waals surface area contributed by atoms with E-state index in [0.29, 0.717) is 11.7 Å². The van der Waals surface area contributed by atoms with Gasteiger partial charge >= 0.3 is 0 Å². The van der Waals surface area contributed by atoms with Crippen molar-refractivity contribution in [3.05, 3.63) is 27.9 Å². The lowest BCUT2D eigenvalue weighted by Gasteiger charge is -2.11. The molecule has 112 valence electrons. The van der Waals surface area contributed by atoms with Gasteiger partial charge in [-0.25, -0.2) is 13.8 Å². The number of ether oxygens (including phenoxy) is 1. The highest BCUT2D eigenvalue weighted by Crippen LogP contribution is 2.45. The Morgan fingerprint density at radius 2 is 2.19 bits per heavy atom. The summed E-state index contributed by atoms with van der Waals surface area (Å²) in [6.45, 7) is 0.173. The van der Waals surface area contributed by atoms with Gasteiger partial charge in [0.05, 0.1) is 21.8 Å². The lowest BCUT2D eigenvalue weighted by molar-refractivity contribution is -0.0230. The summed E-state index contributed by atoms with van der Waals surface area (Å²) in [6, 6.07) is 3.41. The minimum atomic E-state index is -2.85. The van der Waals surface area contributed by atoms with E-state index in [2.05, 4.69) is 25.9 Å². The summed E-state index contributed by atoms with van der Waals surface area (Å²) < 4.78 is 31.3. The molecule has 0 radical (unpaired) electrons. The average Bonchev–Trinajstić information content (AvgIpc) is 3.20. The van der Waals surface area contributed by atoms with Gasteiger partial charge in [-0.3, -0.25) is 4.98 Å². The second kappa shape index (κ2) is 5.61. The van der Waals surface area contributed by atoms with Crippen molar-refractivity contribution in [2.24, 2.45) is 0 Å². The van der Waals surface area contributed by atoms with Crippen LogP contribution in [0.1, 0.15) is 30.7 Å². The van der Waals surface area contributed by atoms with E-state index in [0.717, 1.165) is 27.1 Å². The third kappa shape index (κ3) is 3.77. The molecule has 0 saturated heterocycles. The molecule has 2 aromatic rings. The van der Waals surface area contributed by atoms with Crippen LogP contribution < -0.4 is 4.74 Å². The lowest BCUT2D eigenvalue weighted by Crippen LogP contribution is -2.20. The van der Waals surface area contributed by atoms with E-state index in [1.54, 1.807) is 23.5 Å². The SMILES string of the molecule is CC(F)(F)COc1ccc(-c2sc(C3CC3)nc2Br)nc1. The van der Waals surface area contributed by atoms with Gasteiger partial charge in [-0.1, -0.05) is 0 Å². The standard InChI is InChI=1S/C14H13BrF2N2OS/c1-14(16,17)7-20-9-4-5-10(18-6-9)11-12(15)19-13(21-11)8-2-3-8/h4-6,8H,2-3,7H2,1H3. The van der Waals surface area contributed by atoms with Crippen LogP contribution in [0.25, 0.3) is 10.6 Å². The Hall–Kier alpha value is -1.08.